The molecule has 0 spiro atoms. The predicted molar refractivity (Wildman–Crippen MR) is 123 cm³/mol. The van der Waals surface area contributed by atoms with E-state index in [0.717, 1.165) is 18.4 Å². The Morgan fingerprint density at radius 1 is 1.23 bits per heavy atom. The molecule has 0 amide bonds. The molecule has 3 rings (SSSR count). The van der Waals surface area contributed by atoms with Gasteiger partial charge in [-0.25, -0.2) is 8.78 Å². The summed E-state index contributed by atoms with van der Waals surface area (Å²) in [7, 11) is 1.60. The van der Waals surface area contributed by atoms with Gasteiger partial charge in [-0.15, -0.1) is 24.0 Å². The molecule has 0 radical (unpaired) electrons. The van der Waals surface area contributed by atoms with Gasteiger partial charge in [0.05, 0.1) is 24.3 Å². The zero-order chi connectivity index (χ0) is 20.8. The van der Waals surface area contributed by atoms with Crippen LogP contribution in [0.4, 0.5) is 8.78 Å². The first kappa shape index (κ1) is 23.9. The number of ether oxygens (including phenoxy) is 1. The van der Waals surface area contributed by atoms with Gasteiger partial charge in [-0.3, -0.25) is 4.99 Å². The lowest BCUT2D eigenvalue weighted by molar-refractivity contribution is 0.285. The summed E-state index contributed by atoms with van der Waals surface area (Å²) in [5.41, 5.74) is 1.49. The minimum atomic E-state index is -0.399. The Balaban J connectivity index is 0.00000320. The first-order valence-corrected chi connectivity index (χ1v) is 9.58. The zero-order valence-electron chi connectivity index (χ0n) is 16.9. The van der Waals surface area contributed by atoms with Crippen LogP contribution in [0.25, 0.3) is 0 Å². The Kier molecular flexibility index (Phi) is 8.84. The zero-order valence-corrected chi connectivity index (χ0v) is 19.2. The van der Waals surface area contributed by atoms with Crippen molar-refractivity contribution in [2.75, 3.05) is 13.7 Å². The van der Waals surface area contributed by atoms with Crippen molar-refractivity contribution in [2.24, 2.45) is 10.9 Å². The van der Waals surface area contributed by atoms with Crippen LogP contribution in [0.5, 0.6) is 5.75 Å². The van der Waals surface area contributed by atoms with Gasteiger partial charge in [0.2, 0.25) is 0 Å². The lowest BCUT2D eigenvalue weighted by Crippen LogP contribution is -2.38. The fraction of sp³-hybridized carbons (Fsp3) is 0.364. The van der Waals surface area contributed by atoms with Gasteiger partial charge in [0, 0.05) is 19.2 Å². The molecule has 1 fully saturated rings. The standard InChI is InChI=1S/C22H24F2N4O.HI/c1-14(17-6-8-21(20(24)10-17)29-13-15-3-4-15)28-22(26-2)27-12-18-9-16(11-25)5-7-19(18)23;/h5-10,14-15H,3-4,12-13H2,1-2H3,(H2,26,27,28);1H. The normalized spacial score (nSPS) is 14.3. The number of halogens is 3. The summed E-state index contributed by atoms with van der Waals surface area (Å²) in [4.78, 5) is 4.13. The summed E-state index contributed by atoms with van der Waals surface area (Å²) in [6.07, 6.45) is 2.30. The summed E-state index contributed by atoms with van der Waals surface area (Å²) in [5.74, 6) is 0.471. The summed E-state index contributed by atoms with van der Waals surface area (Å²) in [6, 6.07) is 10.9. The van der Waals surface area contributed by atoms with E-state index in [1.165, 1.54) is 24.3 Å². The molecule has 0 heterocycles. The molecule has 1 atom stereocenters. The van der Waals surface area contributed by atoms with E-state index in [1.807, 2.05) is 19.1 Å². The van der Waals surface area contributed by atoms with Gasteiger partial charge in [0.25, 0.3) is 0 Å². The van der Waals surface area contributed by atoms with Gasteiger partial charge in [-0.05, 0) is 61.6 Å². The molecule has 1 aliphatic rings. The van der Waals surface area contributed by atoms with E-state index in [1.54, 1.807) is 13.1 Å². The molecule has 1 aliphatic carbocycles. The van der Waals surface area contributed by atoms with E-state index >= 15 is 0 Å². The van der Waals surface area contributed by atoms with Crippen LogP contribution in [0, 0.1) is 28.9 Å². The highest BCUT2D eigenvalue weighted by molar-refractivity contribution is 14.0. The van der Waals surface area contributed by atoms with Crippen LogP contribution in [-0.2, 0) is 6.54 Å². The Bertz CT molecular complexity index is 941. The Morgan fingerprint density at radius 2 is 2.00 bits per heavy atom. The monoisotopic (exact) mass is 526 g/mol. The van der Waals surface area contributed by atoms with E-state index in [0.29, 0.717) is 29.6 Å². The van der Waals surface area contributed by atoms with Crippen molar-refractivity contribution in [3.05, 3.63) is 64.7 Å². The largest absolute Gasteiger partial charge is 0.490 e. The number of guanidine groups is 1. The van der Waals surface area contributed by atoms with Crippen molar-refractivity contribution in [1.82, 2.24) is 10.6 Å². The molecule has 2 aromatic rings. The third kappa shape index (κ3) is 6.55. The molecule has 1 saturated carbocycles. The highest BCUT2D eigenvalue weighted by atomic mass is 127. The maximum absolute atomic E-state index is 14.3. The van der Waals surface area contributed by atoms with Crippen molar-refractivity contribution in [1.29, 1.82) is 5.26 Å². The van der Waals surface area contributed by atoms with Crippen molar-refractivity contribution in [3.8, 4) is 11.8 Å². The van der Waals surface area contributed by atoms with Gasteiger partial charge >= 0.3 is 0 Å². The van der Waals surface area contributed by atoms with Gasteiger partial charge in [-0.1, -0.05) is 6.07 Å². The molecule has 0 saturated heterocycles. The van der Waals surface area contributed by atoms with E-state index < -0.39 is 11.6 Å². The molecule has 0 aromatic heterocycles. The van der Waals surface area contributed by atoms with Crippen LogP contribution >= 0.6 is 24.0 Å². The Labute approximate surface area is 192 Å². The van der Waals surface area contributed by atoms with Crippen LogP contribution in [0.1, 0.15) is 42.5 Å². The van der Waals surface area contributed by atoms with E-state index in [9.17, 15) is 8.78 Å². The van der Waals surface area contributed by atoms with Crippen LogP contribution in [-0.4, -0.2) is 19.6 Å². The Hall–Kier alpha value is -2.41. The van der Waals surface area contributed by atoms with Crippen LogP contribution in [0.2, 0.25) is 0 Å². The number of hydrogen-bond donors (Lipinski definition) is 2. The van der Waals surface area contributed by atoms with Crippen LogP contribution in [0.15, 0.2) is 41.4 Å². The summed E-state index contributed by atoms with van der Waals surface area (Å²) in [6.45, 7) is 2.60. The van der Waals surface area contributed by atoms with Crippen molar-refractivity contribution >= 4 is 29.9 Å². The summed E-state index contributed by atoms with van der Waals surface area (Å²) in [5, 5.41) is 15.1. The van der Waals surface area contributed by atoms with Gasteiger partial charge in [0.1, 0.15) is 5.82 Å². The van der Waals surface area contributed by atoms with Crippen LogP contribution < -0.4 is 15.4 Å². The highest BCUT2D eigenvalue weighted by Gasteiger charge is 2.22. The Morgan fingerprint density at radius 3 is 2.63 bits per heavy atom. The van der Waals surface area contributed by atoms with Gasteiger partial charge < -0.3 is 15.4 Å². The fourth-order valence-corrected chi connectivity index (χ4v) is 2.84. The summed E-state index contributed by atoms with van der Waals surface area (Å²) >= 11 is 0. The lowest BCUT2D eigenvalue weighted by atomic mass is 10.1. The maximum atomic E-state index is 14.3. The predicted octanol–water partition coefficient (Wildman–Crippen LogP) is 4.67. The number of nitrogens with one attached hydrogen (secondary N) is 2. The van der Waals surface area contributed by atoms with Crippen molar-refractivity contribution < 1.29 is 13.5 Å². The second kappa shape index (κ2) is 11.1. The number of nitrogens with zero attached hydrogens (tertiary/aromatic N) is 2. The lowest BCUT2D eigenvalue weighted by Gasteiger charge is -2.19. The fourth-order valence-electron chi connectivity index (χ4n) is 2.84. The molecule has 5 nitrogen and oxygen atoms in total. The first-order chi connectivity index (χ1) is 14.0. The van der Waals surface area contributed by atoms with Crippen molar-refractivity contribution in [2.45, 2.75) is 32.4 Å². The average molecular weight is 526 g/mol. The molecule has 0 aliphatic heterocycles. The van der Waals surface area contributed by atoms with Gasteiger partial charge in [0.15, 0.2) is 17.5 Å². The second-order valence-corrected chi connectivity index (χ2v) is 7.15. The van der Waals surface area contributed by atoms with E-state index in [4.69, 9.17) is 10.00 Å². The average Bonchev–Trinajstić information content (AvgIpc) is 3.55. The third-order valence-electron chi connectivity index (χ3n) is 4.83. The number of hydrogen-bond acceptors (Lipinski definition) is 3. The maximum Gasteiger partial charge on any atom is 0.191 e. The minimum Gasteiger partial charge on any atom is -0.490 e. The quantitative estimate of drug-likeness (QED) is 0.313. The molecule has 0 bridgehead atoms. The molecule has 160 valence electrons. The second-order valence-electron chi connectivity index (χ2n) is 7.15. The minimum absolute atomic E-state index is 0. The highest BCUT2D eigenvalue weighted by Crippen LogP contribution is 2.30. The number of rotatable bonds is 7. The van der Waals surface area contributed by atoms with E-state index in [-0.39, 0.29) is 42.3 Å². The molecule has 2 N–H and O–H groups in total. The molecular formula is C22H25F2IN4O. The molecule has 30 heavy (non-hydrogen) atoms. The number of nitriles is 1. The van der Waals surface area contributed by atoms with Crippen molar-refractivity contribution in [3.63, 3.8) is 0 Å². The molecular weight excluding hydrogens is 501 g/mol. The first-order valence-electron chi connectivity index (χ1n) is 9.58. The smallest absolute Gasteiger partial charge is 0.191 e. The number of aliphatic imine (C=N–C) groups is 1. The topological polar surface area (TPSA) is 69.4 Å². The van der Waals surface area contributed by atoms with Crippen LogP contribution in [0.3, 0.4) is 0 Å². The summed E-state index contributed by atoms with van der Waals surface area (Å²) < 4.78 is 33.8. The molecule has 2 aromatic carbocycles. The number of benzene rings is 2. The van der Waals surface area contributed by atoms with Gasteiger partial charge in [-0.2, -0.15) is 5.26 Å². The molecule has 8 heteroatoms. The third-order valence-corrected chi connectivity index (χ3v) is 4.83. The SMILES string of the molecule is CN=C(NCc1cc(C#N)ccc1F)NC(C)c1ccc(OCC2CC2)c(F)c1.I. The van der Waals surface area contributed by atoms with E-state index in [2.05, 4.69) is 15.6 Å². The molecule has 1 unspecified atom stereocenters.